The van der Waals surface area contributed by atoms with Crippen molar-refractivity contribution in [2.75, 3.05) is 13.1 Å². The maximum Gasteiger partial charge on any atom is 0.257 e. The number of aryl methyl sites for hydroxylation is 2. The Bertz CT molecular complexity index is 782. The molecule has 0 saturated carbocycles. The first-order valence-corrected chi connectivity index (χ1v) is 9.17. The molecule has 1 aliphatic heterocycles. The number of carbonyl (C=O) groups excluding carboxylic acids is 2. The normalized spacial score (nSPS) is 18.4. The Hall–Kier alpha value is -2.56. The largest absolute Gasteiger partial charge is 0.466 e. The van der Waals surface area contributed by atoms with Crippen molar-refractivity contribution in [1.29, 1.82) is 0 Å². The van der Waals surface area contributed by atoms with E-state index in [1.165, 1.54) is 0 Å². The van der Waals surface area contributed by atoms with Crippen LogP contribution in [-0.2, 0) is 4.79 Å². The van der Waals surface area contributed by atoms with Crippen LogP contribution in [0.2, 0.25) is 0 Å². The Morgan fingerprint density at radius 2 is 1.96 bits per heavy atom. The van der Waals surface area contributed by atoms with E-state index in [0.717, 1.165) is 24.2 Å². The highest BCUT2D eigenvalue weighted by Gasteiger charge is 2.30. The van der Waals surface area contributed by atoms with Crippen LogP contribution >= 0.6 is 0 Å². The summed E-state index contributed by atoms with van der Waals surface area (Å²) < 4.78 is 5.48. The van der Waals surface area contributed by atoms with Crippen molar-refractivity contribution in [2.24, 2.45) is 5.92 Å². The third-order valence-electron chi connectivity index (χ3n) is 5.01. The van der Waals surface area contributed by atoms with Gasteiger partial charge in [-0.2, -0.15) is 0 Å². The molecule has 5 nitrogen and oxygen atoms in total. The Balaban J connectivity index is 1.63. The van der Waals surface area contributed by atoms with E-state index < -0.39 is 0 Å². The molecule has 5 heteroatoms. The van der Waals surface area contributed by atoms with Gasteiger partial charge in [0.05, 0.1) is 17.5 Å². The van der Waals surface area contributed by atoms with Gasteiger partial charge in [0.15, 0.2) is 0 Å². The van der Waals surface area contributed by atoms with Crippen molar-refractivity contribution in [3.8, 4) is 0 Å². The number of hydrogen-bond donors (Lipinski definition) is 1. The number of nitrogens with one attached hydrogen (secondary N) is 1. The fourth-order valence-electron chi connectivity index (χ4n) is 3.55. The highest BCUT2D eigenvalue weighted by atomic mass is 16.3. The summed E-state index contributed by atoms with van der Waals surface area (Å²) in [4.78, 5) is 27.2. The maximum absolute atomic E-state index is 12.8. The van der Waals surface area contributed by atoms with E-state index in [-0.39, 0.29) is 23.8 Å². The van der Waals surface area contributed by atoms with Crippen molar-refractivity contribution in [3.05, 3.63) is 59.0 Å². The topological polar surface area (TPSA) is 62.6 Å². The lowest BCUT2D eigenvalue weighted by Gasteiger charge is -2.32. The lowest BCUT2D eigenvalue weighted by molar-refractivity contribution is -0.127. The third kappa shape index (κ3) is 3.98. The van der Waals surface area contributed by atoms with Crippen molar-refractivity contribution in [3.63, 3.8) is 0 Å². The predicted octanol–water partition coefficient (Wildman–Crippen LogP) is 3.63. The van der Waals surface area contributed by atoms with Gasteiger partial charge in [-0.15, -0.1) is 0 Å². The molecule has 0 radical (unpaired) electrons. The summed E-state index contributed by atoms with van der Waals surface area (Å²) in [5.41, 5.74) is 1.68. The van der Waals surface area contributed by atoms with Gasteiger partial charge in [-0.1, -0.05) is 30.3 Å². The number of benzene rings is 1. The summed E-state index contributed by atoms with van der Waals surface area (Å²) >= 11 is 0. The molecule has 1 aromatic carbocycles. The number of furan rings is 1. The smallest absolute Gasteiger partial charge is 0.257 e. The van der Waals surface area contributed by atoms with Crippen LogP contribution in [0.3, 0.4) is 0 Å². The quantitative estimate of drug-likeness (QED) is 0.912. The summed E-state index contributed by atoms with van der Waals surface area (Å²) in [5, 5.41) is 3.09. The van der Waals surface area contributed by atoms with Gasteiger partial charge in [0, 0.05) is 13.1 Å². The van der Waals surface area contributed by atoms with E-state index in [1.54, 1.807) is 17.9 Å². The van der Waals surface area contributed by atoms with E-state index in [2.05, 4.69) is 5.32 Å². The van der Waals surface area contributed by atoms with Crippen LogP contribution in [0.5, 0.6) is 0 Å². The number of amides is 2. The molecule has 2 heterocycles. The lowest BCUT2D eigenvalue weighted by atomic mass is 9.95. The van der Waals surface area contributed by atoms with Crippen molar-refractivity contribution in [2.45, 2.75) is 39.7 Å². The first-order valence-electron chi connectivity index (χ1n) is 9.17. The monoisotopic (exact) mass is 354 g/mol. The molecule has 2 aromatic rings. The molecule has 138 valence electrons. The number of likely N-dealkylation sites (tertiary alicyclic amines) is 1. The van der Waals surface area contributed by atoms with Gasteiger partial charge in [0.25, 0.3) is 5.91 Å². The van der Waals surface area contributed by atoms with Gasteiger partial charge >= 0.3 is 0 Å². The molecule has 1 aromatic heterocycles. The summed E-state index contributed by atoms with van der Waals surface area (Å²) in [6.45, 7) is 6.75. The second kappa shape index (κ2) is 7.77. The minimum Gasteiger partial charge on any atom is -0.466 e. The zero-order chi connectivity index (χ0) is 18.7. The van der Waals surface area contributed by atoms with Crippen molar-refractivity contribution >= 4 is 11.8 Å². The summed E-state index contributed by atoms with van der Waals surface area (Å²) in [6, 6.07) is 11.6. The molecule has 1 aliphatic rings. The third-order valence-corrected chi connectivity index (χ3v) is 5.01. The van der Waals surface area contributed by atoms with Crippen LogP contribution in [0.4, 0.5) is 0 Å². The number of carbonyl (C=O) groups is 2. The number of piperidine rings is 1. The number of rotatable bonds is 4. The highest BCUT2D eigenvalue weighted by Crippen LogP contribution is 2.23. The second-order valence-electron chi connectivity index (χ2n) is 7.06. The molecule has 2 amide bonds. The van der Waals surface area contributed by atoms with Crippen LogP contribution in [0, 0.1) is 19.8 Å². The van der Waals surface area contributed by atoms with Crippen molar-refractivity contribution in [1.82, 2.24) is 10.2 Å². The van der Waals surface area contributed by atoms with Crippen LogP contribution in [-0.4, -0.2) is 29.8 Å². The molecular formula is C21H26N2O3. The Labute approximate surface area is 154 Å². The van der Waals surface area contributed by atoms with Gasteiger partial charge in [-0.25, -0.2) is 0 Å². The molecule has 0 spiro atoms. The Morgan fingerprint density at radius 3 is 2.62 bits per heavy atom. The fraction of sp³-hybridized carbons (Fsp3) is 0.429. The predicted molar refractivity (Wildman–Crippen MR) is 99.8 cm³/mol. The van der Waals surface area contributed by atoms with Crippen LogP contribution in [0.1, 0.15) is 53.2 Å². The molecule has 2 unspecified atom stereocenters. The standard InChI is InChI=1S/C21H26N2O3/c1-14-12-19(16(3)26-14)21(25)23-11-7-10-18(13-23)20(24)22-15(2)17-8-5-4-6-9-17/h4-6,8-9,12,15,18H,7,10-11,13H2,1-3H3,(H,22,24). The van der Waals surface area contributed by atoms with Crippen LogP contribution in [0.25, 0.3) is 0 Å². The molecule has 0 aliphatic carbocycles. The van der Waals surface area contributed by atoms with Gasteiger partial charge in [-0.05, 0) is 45.2 Å². The summed E-state index contributed by atoms with van der Waals surface area (Å²) in [6.07, 6.45) is 1.64. The van der Waals surface area contributed by atoms with E-state index in [0.29, 0.717) is 24.4 Å². The first kappa shape index (κ1) is 18.2. The molecule has 3 rings (SSSR count). The minimum absolute atomic E-state index is 0.0129. The van der Waals surface area contributed by atoms with Crippen LogP contribution < -0.4 is 5.32 Å². The van der Waals surface area contributed by atoms with E-state index in [4.69, 9.17) is 4.42 Å². The molecule has 1 N–H and O–H groups in total. The average Bonchev–Trinajstić information content (AvgIpc) is 3.00. The zero-order valence-electron chi connectivity index (χ0n) is 15.6. The number of hydrogen-bond acceptors (Lipinski definition) is 3. The van der Waals surface area contributed by atoms with E-state index in [1.807, 2.05) is 44.2 Å². The van der Waals surface area contributed by atoms with Crippen LogP contribution in [0.15, 0.2) is 40.8 Å². The van der Waals surface area contributed by atoms with Gasteiger partial charge in [0.2, 0.25) is 5.91 Å². The number of nitrogens with zero attached hydrogens (tertiary/aromatic N) is 1. The maximum atomic E-state index is 12.8. The SMILES string of the molecule is Cc1cc(C(=O)N2CCCC(C(=O)NC(C)c3ccccc3)C2)c(C)o1. The van der Waals surface area contributed by atoms with Crippen molar-refractivity contribution < 1.29 is 14.0 Å². The van der Waals surface area contributed by atoms with E-state index >= 15 is 0 Å². The van der Waals surface area contributed by atoms with E-state index in [9.17, 15) is 9.59 Å². The molecule has 2 atom stereocenters. The van der Waals surface area contributed by atoms with Gasteiger partial charge in [0.1, 0.15) is 11.5 Å². The molecule has 1 saturated heterocycles. The Kier molecular flexibility index (Phi) is 5.45. The molecular weight excluding hydrogens is 328 g/mol. The molecule has 1 fully saturated rings. The molecule has 0 bridgehead atoms. The highest BCUT2D eigenvalue weighted by molar-refractivity contribution is 5.95. The Morgan fingerprint density at radius 1 is 1.23 bits per heavy atom. The summed E-state index contributed by atoms with van der Waals surface area (Å²) in [7, 11) is 0. The summed E-state index contributed by atoms with van der Waals surface area (Å²) in [5.74, 6) is 1.16. The minimum atomic E-state index is -0.174. The molecule has 26 heavy (non-hydrogen) atoms. The average molecular weight is 354 g/mol. The second-order valence-corrected chi connectivity index (χ2v) is 7.06. The zero-order valence-corrected chi connectivity index (χ0v) is 15.6. The lowest BCUT2D eigenvalue weighted by Crippen LogP contribution is -2.45. The fourth-order valence-corrected chi connectivity index (χ4v) is 3.55. The van der Waals surface area contributed by atoms with Gasteiger partial charge < -0.3 is 14.6 Å². The van der Waals surface area contributed by atoms with Gasteiger partial charge in [-0.3, -0.25) is 9.59 Å². The first-order chi connectivity index (χ1) is 12.5.